The van der Waals surface area contributed by atoms with Gasteiger partial charge in [-0.3, -0.25) is 9.59 Å². The molecule has 34 heavy (non-hydrogen) atoms. The van der Waals surface area contributed by atoms with Crippen LogP contribution < -0.4 is 14.3 Å². The molecule has 7 rings (SSSR count). The molecule has 5 fully saturated rings. The number of benzene rings is 1. The second kappa shape index (κ2) is 7.21. The lowest BCUT2D eigenvalue weighted by Gasteiger charge is -2.56. The van der Waals surface area contributed by atoms with Crippen molar-refractivity contribution >= 4 is 27.7 Å². The zero-order chi connectivity index (χ0) is 23.8. The average molecular weight is 490 g/mol. The van der Waals surface area contributed by atoms with Crippen LogP contribution in [0.4, 0.5) is 10.1 Å². The van der Waals surface area contributed by atoms with Crippen LogP contribution >= 0.6 is 0 Å². The highest BCUT2D eigenvalue weighted by Crippen LogP contribution is 2.55. The highest BCUT2D eigenvalue weighted by atomic mass is 32.2. The van der Waals surface area contributed by atoms with Gasteiger partial charge in [0.25, 0.3) is 11.8 Å². The molecule has 0 spiro atoms. The average Bonchev–Trinajstić information content (AvgIpc) is 3.30. The number of carbonyl (C=O) groups excluding carboxylic acids is 2. The molecule has 2 amide bonds. The minimum absolute atomic E-state index is 0.0895. The first-order chi connectivity index (χ1) is 16.1. The van der Waals surface area contributed by atoms with E-state index in [0.29, 0.717) is 22.1 Å². The lowest BCUT2D eigenvalue weighted by atomic mass is 9.53. The van der Waals surface area contributed by atoms with Gasteiger partial charge in [-0.05, 0) is 80.5 Å². The molecule has 180 valence electrons. The van der Waals surface area contributed by atoms with Crippen molar-refractivity contribution in [3.63, 3.8) is 0 Å². The first-order valence-corrected chi connectivity index (χ1v) is 12.8. The molecule has 11 heteroatoms. The topological polar surface area (TPSA) is 129 Å². The molecule has 4 bridgehead atoms. The molecule has 1 saturated heterocycles. The summed E-state index contributed by atoms with van der Waals surface area (Å²) in [6.07, 6.45) is 6.76. The maximum Gasteiger partial charge on any atom is 0.326 e. The normalized spacial score (nSPS) is 31.0. The van der Waals surface area contributed by atoms with Crippen molar-refractivity contribution in [2.24, 2.45) is 17.8 Å². The fourth-order valence-corrected chi connectivity index (χ4v) is 7.97. The highest BCUT2D eigenvalue weighted by Gasteiger charge is 2.51. The Kier molecular flexibility index (Phi) is 4.55. The van der Waals surface area contributed by atoms with Crippen LogP contribution in [-0.4, -0.2) is 37.4 Å². The van der Waals surface area contributed by atoms with Gasteiger partial charge in [-0.1, -0.05) is 0 Å². The molecular weight excluding hydrogens is 465 g/mol. The van der Waals surface area contributed by atoms with Crippen molar-refractivity contribution in [2.75, 3.05) is 10.8 Å². The third kappa shape index (κ3) is 3.44. The predicted molar refractivity (Wildman–Crippen MR) is 119 cm³/mol. The van der Waals surface area contributed by atoms with Crippen LogP contribution in [0, 0.1) is 23.6 Å². The Bertz CT molecular complexity index is 1260. The summed E-state index contributed by atoms with van der Waals surface area (Å²) in [6, 6.07) is 5.13. The fourth-order valence-electron chi connectivity index (χ4n) is 6.80. The van der Waals surface area contributed by atoms with Gasteiger partial charge in [-0.15, -0.1) is 0 Å². The molecule has 0 atom stereocenters. The number of hydrogen-bond donors (Lipinski definition) is 3. The Balaban J connectivity index is 1.24. The molecule has 2 heterocycles. The molecule has 1 aromatic carbocycles. The first-order valence-electron chi connectivity index (χ1n) is 11.4. The quantitative estimate of drug-likeness (QED) is 0.606. The van der Waals surface area contributed by atoms with Gasteiger partial charge >= 0.3 is 10.2 Å². The summed E-state index contributed by atoms with van der Waals surface area (Å²) in [6.45, 7) is -0.637. The minimum atomic E-state index is -4.28. The van der Waals surface area contributed by atoms with E-state index in [0.717, 1.165) is 31.4 Å². The lowest BCUT2D eigenvalue weighted by Crippen LogP contribution is -2.59. The maximum absolute atomic E-state index is 14.8. The van der Waals surface area contributed by atoms with Crippen molar-refractivity contribution in [3.8, 4) is 17.1 Å². The van der Waals surface area contributed by atoms with Crippen LogP contribution in [0.25, 0.3) is 11.3 Å². The monoisotopic (exact) mass is 489 g/mol. The summed E-state index contributed by atoms with van der Waals surface area (Å²) in [5.74, 6) is -0.612. The number of halogens is 1. The lowest BCUT2D eigenvalue weighted by molar-refractivity contribution is -0.117. The molecule has 4 saturated carbocycles. The number of amides is 2. The Hall–Kier alpha value is -3.08. The number of phenols is 1. The van der Waals surface area contributed by atoms with Gasteiger partial charge in [-0.25, -0.2) is 13.4 Å². The first kappa shape index (κ1) is 21.5. The summed E-state index contributed by atoms with van der Waals surface area (Å²) in [5.41, 5.74) is -0.686. The van der Waals surface area contributed by atoms with Gasteiger partial charge in [0, 0.05) is 11.1 Å². The molecule has 1 aromatic heterocycles. The van der Waals surface area contributed by atoms with Crippen LogP contribution in [0.5, 0.6) is 5.75 Å². The SMILES string of the molecule is O=C1CN(c2c(O)cc(-c3ccc(C(=O)NC45CC6CC(CC(C6)C4)C5)o3)cc2F)S(=O)(=O)N1. The Morgan fingerprint density at radius 1 is 1.15 bits per heavy atom. The molecule has 0 unspecified atom stereocenters. The van der Waals surface area contributed by atoms with E-state index in [1.807, 2.05) is 0 Å². The van der Waals surface area contributed by atoms with E-state index >= 15 is 0 Å². The second-order valence-electron chi connectivity index (χ2n) is 10.2. The fraction of sp³-hybridized carbons (Fsp3) is 0.478. The van der Waals surface area contributed by atoms with Crippen LogP contribution in [0.1, 0.15) is 49.1 Å². The zero-order valence-corrected chi connectivity index (χ0v) is 19.0. The number of phenolic OH excluding ortho intramolecular Hbond substituents is 1. The van der Waals surface area contributed by atoms with Crippen molar-refractivity contribution in [2.45, 2.75) is 44.1 Å². The van der Waals surface area contributed by atoms with Gasteiger partial charge in [0.2, 0.25) is 0 Å². The highest BCUT2D eigenvalue weighted by molar-refractivity contribution is 7.92. The summed E-state index contributed by atoms with van der Waals surface area (Å²) in [5, 5.41) is 13.6. The molecule has 5 aliphatic rings. The smallest absolute Gasteiger partial charge is 0.326 e. The number of hydrogen-bond acceptors (Lipinski definition) is 6. The van der Waals surface area contributed by atoms with E-state index in [1.165, 1.54) is 31.4 Å². The van der Waals surface area contributed by atoms with E-state index in [-0.39, 0.29) is 28.5 Å². The molecular formula is C23H24FN3O6S. The van der Waals surface area contributed by atoms with Crippen molar-refractivity contribution in [1.29, 1.82) is 0 Å². The number of carbonyl (C=O) groups is 2. The van der Waals surface area contributed by atoms with E-state index in [9.17, 15) is 27.5 Å². The Morgan fingerprint density at radius 3 is 2.35 bits per heavy atom. The van der Waals surface area contributed by atoms with E-state index < -0.39 is 39.9 Å². The maximum atomic E-state index is 14.8. The van der Waals surface area contributed by atoms with Crippen LogP contribution in [0.15, 0.2) is 28.7 Å². The third-order valence-corrected chi connectivity index (χ3v) is 9.02. The number of nitrogens with zero attached hydrogens (tertiary/aromatic N) is 1. The van der Waals surface area contributed by atoms with Crippen molar-refractivity contribution < 1.29 is 31.9 Å². The van der Waals surface area contributed by atoms with Crippen molar-refractivity contribution in [3.05, 3.63) is 35.8 Å². The van der Waals surface area contributed by atoms with Crippen molar-refractivity contribution in [1.82, 2.24) is 10.0 Å². The molecule has 9 nitrogen and oxygen atoms in total. The van der Waals surface area contributed by atoms with Gasteiger partial charge in [0.1, 0.15) is 23.7 Å². The second-order valence-corrected chi connectivity index (χ2v) is 11.8. The van der Waals surface area contributed by atoms with Crippen LogP contribution in [0.2, 0.25) is 0 Å². The van der Waals surface area contributed by atoms with Gasteiger partial charge in [-0.2, -0.15) is 8.42 Å². The van der Waals surface area contributed by atoms with Gasteiger partial charge < -0.3 is 14.8 Å². The summed E-state index contributed by atoms with van der Waals surface area (Å²) in [7, 11) is -4.28. The molecule has 3 N–H and O–H groups in total. The molecule has 4 aliphatic carbocycles. The number of nitrogens with one attached hydrogen (secondary N) is 2. The van der Waals surface area contributed by atoms with Gasteiger partial charge in [0.05, 0.1) is 0 Å². The number of anilines is 1. The third-order valence-electron chi connectivity index (χ3n) is 7.64. The number of furan rings is 1. The predicted octanol–water partition coefficient (Wildman–Crippen LogP) is 2.67. The number of aromatic hydroxyl groups is 1. The number of rotatable bonds is 4. The Labute approximate surface area is 195 Å². The summed E-state index contributed by atoms with van der Waals surface area (Å²) < 4.78 is 46.8. The largest absolute Gasteiger partial charge is 0.506 e. The van der Waals surface area contributed by atoms with Gasteiger partial charge in [0.15, 0.2) is 11.6 Å². The summed E-state index contributed by atoms with van der Waals surface area (Å²) in [4.78, 5) is 24.5. The van der Waals surface area contributed by atoms with E-state index in [4.69, 9.17) is 4.42 Å². The van der Waals surface area contributed by atoms with Crippen LogP contribution in [-0.2, 0) is 15.0 Å². The molecule has 0 radical (unpaired) electrons. The van der Waals surface area contributed by atoms with E-state index in [1.54, 1.807) is 4.72 Å². The molecule has 1 aliphatic heterocycles. The standard InChI is InChI=1S/C23H24FN3O6S/c24-16-6-15(7-17(28)21(16)27-11-20(29)26-34(27,31)32)18-1-2-19(33-18)22(30)25-23-8-12-3-13(9-23)5-14(4-12)10-23/h1-2,6-7,12-14,28H,3-5,8-11H2,(H,25,30)(H,26,29). The molecule has 2 aromatic rings. The van der Waals surface area contributed by atoms with Crippen LogP contribution in [0.3, 0.4) is 0 Å². The van der Waals surface area contributed by atoms with E-state index in [2.05, 4.69) is 5.32 Å². The zero-order valence-electron chi connectivity index (χ0n) is 18.2. The summed E-state index contributed by atoms with van der Waals surface area (Å²) >= 11 is 0. The minimum Gasteiger partial charge on any atom is -0.506 e. The Morgan fingerprint density at radius 2 is 1.79 bits per heavy atom.